The lowest BCUT2D eigenvalue weighted by Crippen LogP contribution is -2.52. The molecule has 21 heavy (non-hydrogen) atoms. The third-order valence-electron chi connectivity index (χ3n) is 4.35. The molecule has 5 heteroatoms. The Bertz CT molecular complexity index is 487. The zero-order valence-corrected chi connectivity index (χ0v) is 13.0. The van der Waals surface area contributed by atoms with Crippen LogP contribution in [0.3, 0.4) is 0 Å². The maximum atomic E-state index is 12.3. The second kappa shape index (κ2) is 6.77. The largest absolute Gasteiger partial charge is 0.341 e. The molecule has 4 nitrogen and oxygen atoms in total. The van der Waals surface area contributed by atoms with E-state index in [4.69, 9.17) is 11.6 Å². The number of carbonyl (C=O) groups excluding carboxylic acids is 1. The normalized spacial score (nSPS) is 20.9. The molecule has 0 atom stereocenters. The Balaban J connectivity index is 1.53. The van der Waals surface area contributed by atoms with E-state index in [0.29, 0.717) is 5.91 Å². The molecule has 0 radical (unpaired) electrons. The highest BCUT2D eigenvalue weighted by Crippen LogP contribution is 2.15. The van der Waals surface area contributed by atoms with E-state index in [1.54, 1.807) is 0 Å². The second-order valence-electron chi connectivity index (χ2n) is 5.94. The summed E-state index contributed by atoms with van der Waals surface area (Å²) in [7, 11) is 0. The highest BCUT2D eigenvalue weighted by Gasteiger charge is 2.30. The van der Waals surface area contributed by atoms with Crippen molar-refractivity contribution in [2.45, 2.75) is 13.0 Å². The highest BCUT2D eigenvalue weighted by molar-refractivity contribution is 6.30. The topological polar surface area (TPSA) is 35.6 Å². The lowest BCUT2D eigenvalue weighted by atomic mass is 10.0. The Kier molecular flexibility index (Phi) is 4.78. The summed E-state index contributed by atoms with van der Waals surface area (Å²) >= 11 is 5.92. The number of hydrogen-bond acceptors (Lipinski definition) is 3. The Labute approximate surface area is 131 Å². The van der Waals surface area contributed by atoms with Crippen LogP contribution in [0.4, 0.5) is 0 Å². The van der Waals surface area contributed by atoms with Gasteiger partial charge >= 0.3 is 0 Å². The van der Waals surface area contributed by atoms with Crippen molar-refractivity contribution in [3.63, 3.8) is 0 Å². The number of nitrogens with one attached hydrogen (secondary N) is 1. The van der Waals surface area contributed by atoms with E-state index in [9.17, 15) is 4.79 Å². The van der Waals surface area contributed by atoms with Crippen molar-refractivity contribution >= 4 is 17.5 Å². The third kappa shape index (κ3) is 3.76. The summed E-state index contributed by atoms with van der Waals surface area (Å²) in [5.41, 5.74) is 1.28. The van der Waals surface area contributed by atoms with Crippen LogP contribution in [0.5, 0.6) is 0 Å². The smallest absolute Gasteiger partial charge is 0.228 e. The molecule has 2 heterocycles. The minimum Gasteiger partial charge on any atom is -0.341 e. The van der Waals surface area contributed by atoms with Crippen molar-refractivity contribution in [3.8, 4) is 0 Å². The first kappa shape index (κ1) is 14.8. The summed E-state index contributed by atoms with van der Waals surface area (Å²) in [6.45, 7) is 6.39. The lowest BCUT2D eigenvalue weighted by Gasteiger charge is -2.31. The van der Waals surface area contributed by atoms with Gasteiger partial charge in [0.15, 0.2) is 0 Å². The molecule has 1 aromatic rings. The van der Waals surface area contributed by atoms with E-state index in [-0.39, 0.29) is 5.92 Å². The molecule has 114 valence electrons. The number of benzene rings is 1. The molecular weight excluding hydrogens is 286 g/mol. The van der Waals surface area contributed by atoms with Crippen molar-refractivity contribution in [1.82, 2.24) is 15.1 Å². The lowest BCUT2D eigenvalue weighted by molar-refractivity contribution is -0.136. The monoisotopic (exact) mass is 307 g/mol. The molecule has 0 bridgehead atoms. The van der Waals surface area contributed by atoms with Gasteiger partial charge in [0.25, 0.3) is 0 Å². The zero-order valence-electron chi connectivity index (χ0n) is 12.2. The van der Waals surface area contributed by atoms with E-state index in [1.165, 1.54) is 5.56 Å². The van der Waals surface area contributed by atoms with E-state index < -0.39 is 0 Å². The van der Waals surface area contributed by atoms with Gasteiger partial charge in [-0.05, 0) is 24.1 Å². The Hall–Kier alpha value is -1.10. The number of nitrogens with zero attached hydrogens (tertiary/aromatic N) is 2. The Morgan fingerprint density at radius 1 is 1.14 bits per heavy atom. The van der Waals surface area contributed by atoms with Gasteiger partial charge in [-0.1, -0.05) is 23.7 Å². The summed E-state index contributed by atoms with van der Waals surface area (Å²) in [6.07, 6.45) is 1.06. The maximum absolute atomic E-state index is 12.3. The molecule has 0 spiro atoms. The van der Waals surface area contributed by atoms with Gasteiger partial charge in [0.1, 0.15) is 0 Å². The van der Waals surface area contributed by atoms with Crippen LogP contribution in [-0.2, 0) is 11.3 Å². The molecule has 0 unspecified atom stereocenters. The summed E-state index contributed by atoms with van der Waals surface area (Å²) in [6, 6.07) is 8.04. The second-order valence-corrected chi connectivity index (χ2v) is 6.37. The van der Waals surface area contributed by atoms with E-state index >= 15 is 0 Å². The van der Waals surface area contributed by atoms with Crippen LogP contribution in [0, 0.1) is 5.92 Å². The van der Waals surface area contributed by atoms with E-state index in [1.807, 2.05) is 17.0 Å². The first-order valence-corrected chi connectivity index (χ1v) is 8.06. The average Bonchev–Trinajstić information content (AvgIpc) is 2.65. The number of hydrogen-bond donors (Lipinski definition) is 1. The standard InChI is InChI=1S/C16H22ClN3O/c17-15-4-2-13(3-5-15)12-19-6-1-7-20(9-8-19)16(21)14-10-18-11-14/h2-5,14,18H,1,6-12H2. The molecule has 0 saturated carbocycles. The van der Waals surface area contributed by atoms with E-state index in [0.717, 1.165) is 57.3 Å². The quantitative estimate of drug-likeness (QED) is 0.921. The van der Waals surface area contributed by atoms with Crippen LogP contribution in [0.25, 0.3) is 0 Å². The van der Waals surface area contributed by atoms with Crippen molar-refractivity contribution in [2.24, 2.45) is 5.92 Å². The van der Waals surface area contributed by atoms with Gasteiger partial charge in [-0.15, -0.1) is 0 Å². The number of amides is 1. The average molecular weight is 308 g/mol. The molecule has 2 aliphatic heterocycles. The first-order chi connectivity index (χ1) is 10.2. The summed E-state index contributed by atoms with van der Waals surface area (Å²) in [4.78, 5) is 16.8. The van der Waals surface area contributed by atoms with Crippen molar-refractivity contribution in [3.05, 3.63) is 34.9 Å². The van der Waals surface area contributed by atoms with Gasteiger partial charge in [-0.3, -0.25) is 9.69 Å². The predicted molar refractivity (Wildman–Crippen MR) is 84.3 cm³/mol. The van der Waals surface area contributed by atoms with E-state index in [2.05, 4.69) is 22.3 Å². The van der Waals surface area contributed by atoms with Crippen LogP contribution in [0.1, 0.15) is 12.0 Å². The zero-order chi connectivity index (χ0) is 14.7. The Morgan fingerprint density at radius 2 is 1.90 bits per heavy atom. The van der Waals surface area contributed by atoms with Gasteiger partial charge in [-0.2, -0.15) is 0 Å². The van der Waals surface area contributed by atoms with Gasteiger partial charge in [0.2, 0.25) is 5.91 Å². The molecule has 1 amide bonds. The summed E-state index contributed by atoms with van der Waals surface area (Å²) in [5.74, 6) is 0.551. The predicted octanol–water partition coefficient (Wildman–Crippen LogP) is 1.59. The SMILES string of the molecule is O=C(C1CNC1)N1CCCN(Cc2ccc(Cl)cc2)CC1. The Morgan fingerprint density at radius 3 is 2.57 bits per heavy atom. The molecule has 3 rings (SSSR count). The van der Waals surface area contributed by atoms with Crippen molar-refractivity contribution in [1.29, 1.82) is 0 Å². The first-order valence-electron chi connectivity index (χ1n) is 7.69. The number of rotatable bonds is 3. The van der Waals surface area contributed by atoms with Crippen molar-refractivity contribution < 1.29 is 4.79 Å². The molecule has 0 aliphatic carbocycles. The van der Waals surface area contributed by atoms with Gasteiger partial charge in [0.05, 0.1) is 5.92 Å². The van der Waals surface area contributed by atoms with Crippen LogP contribution >= 0.6 is 11.6 Å². The molecule has 2 aliphatic rings. The minimum absolute atomic E-state index is 0.216. The van der Waals surface area contributed by atoms with Crippen LogP contribution in [0.15, 0.2) is 24.3 Å². The fourth-order valence-electron chi connectivity index (χ4n) is 2.92. The fourth-order valence-corrected chi connectivity index (χ4v) is 3.04. The molecule has 2 saturated heterocycles. The van der Waals surface area contributed by atoms with Gasteiger partial charge in [-0.25, -0.2) is 0 Å². The molecule has 0 aromatic heterocycles. The van der Waals surface area contributed by atoms with Crippen LogP contribution in [0.2, 0.25) is 5.02 Å². The highest BCUT2D eigenvalue weighted by atomic mass is 35.5. The van der Waals surface area contributed by atoms with Gasteiger partial charge in [0, 0.05) is 50.8 Å². The fraction of sp³-hybridized carbons (Fsp3) is 0.562. The van der Waals surface area contributed by atoms with Crippen LogP contribution in [-0.4, -0.2) is 55.0 Å². The molecule has 1 aromatic carbocycles. The summed E-state index contributed by atoms with van der Waals surface area (Å²) < 4.78 is 0. The maximum Gasteiger partial charge on any atom is 0.228 e. The minimum atomic E-state index is 0.216. The van der Waals surface area contributed by atoms with Crippen LogP contribution < -0.4 is 5.32 Å². The molecule has 1 N–H and O–H groups in total. The number of halogens is 1. The third-order valence-corrected chi connectivity index (χ3v) is 4.60. The van der Waals surface area contributed by atoms with Gasteiger partial charge < -0.3 is 10.2 Å². The van der Waals surface area contributed by atoms with Crippen molar-refractivity contribution in [2.75, 3.05) is 39.3 Å². The summed E-state index contributed by atoms with van der Waals surface area (Å²) in [5, 5.41) is 3.95. The number of carbonyl (C=O) groups is 1. The molecule has 2 fully saturated rings. The molecular formula is C16H22ClN3O.